The molecule has 3 aromatic carbocycles. The highest BCUT2D eigenvalue weighted by atomic mass is 16.5. The van der Waals surface area contributed by atoms with Crippen LogP contribution >= 0.6 is 0 Å². The van der Waals surface area contributed by atoms with Crippen LogP contribution in [0.3, 0.4) is 0 Å². The first-order chi connectivity index (χ1) is 15.5. The van der Waals surface area contributed by atoms with Crippen molar-refractivity contribution in [3.05, 3.63) is 88.5 Å². The number of benzene rings is 3. The summed E-state index contributed by atoms with van der Waals surface area (Å²) in [6, 6.07) is 19.9. The number of aryl methyl sites for hydroxylation is 2. The van der Waals surface area contributed by atoms with Gasteiger partial charge in [-0.25, -0.2) is 0 Å². The lowest BCUT2D eigenvalue weighted by Gasteiger charge is -2.38. The molecule has 5 heteroatoms. The van der Waals surface area contributed by atoms with Gasteiger partial charge in [-0.05, 0) is 60.2 Å². The van der Waals surface area contributed by atoms with Crippen LogP contribution in [0, 0.1) is 13.8 Å². The monoisotopic (exact) mass is 431 g/mol. The van der Waals surface area contributed by atoms with Gasteiger partial charge >= 0.3 is 0 Å². The lowest BCUT2D eigenvalue weighted by atomic mass is 9.87. The number of para-hydroxylation sites is 1. The number of carbonyl (C=O) groups is 1. The fourth-order valence-electron chi connectivity index (χ4n) is 4.45. The van der Waals surface area contributed by atoms with E-state index in [-0.39, 0.29) is 18.6 Å². The molecule has 0 saturated carbocycles. The van der Waals surface area contributed by atoms with Crippen LogP contribution in [0.15, 0.2) is 60.7 Å². The molecule has 1 aliphatic heterocycles. The molecule has 0 saturated heterocycles. The van der Waals surface area contributed by atoms with E-state index in [9.17, 15) is 4.79 Å². The third kappa shape index (κ3) is 4.15. The van der Waals surface area contributed by atoms with Crippen molar-refractivity contribution in [2.75, 3.05) is 27.4 Å². The molecule has 1 atom stereocenters. The van der Waals surface area contributed by atoms with Crippen molar-refractivity contribution < 1.29 is 19.0 Å². The van der Waals surface area contributed by atoms with Crippen molar-refractivity contribution in [3.8, 4) is 17.2 Å². The summed E-state index contributed by atoms with van der Waals surface area (Å²) in [6.07, 6.45) is 0.744. The van der Waals surface area contributed by atoms with Crippen molar-refractivity contribution >= 4 is 5.91 Å². The number of carbonyl (C=O) groups excluding carboxylic acids is 1. The number of ether oxygens (including phenoxy) is 3. The second-order valence-electron chi connectivity index (χ2n) is 8.07. The van der Waals surface area contributed by atoms with Crippen LogP contribution in [0.25, 0.3) is 0 Å². The molecule has 0 N–H and O–H groups in total. The van der Waals surface area contributed by atoms with Gasteiger partial charge in [0.2, 0.25) is 0 Å². The normalized spacial score (nSPS) is 15.1. The highest BCUT2D eigenvalue weighted by Crippen LogP contribution is 2.41. The van der Waals surface area contributed by atoms with Gasteiger partial charge in [-0.3, -0.25) is 4.79 Å². The molecule has 5 nitrogen and oxygen atoms in total. The van der Waals surface area contributed by atoms with Crippen molar-refractivity contribution in [3.63, 3.8) is 0 Å². The van der Waals surface area contributed by atoms with Crippen LogP contribution in [0.4, 0.5) is 0 Å². The average molecular weight is 432 g/mol. The number of methoxy groups -OCH3 is 2. The fourth-order valence-corrected chi connectivity index (χ4v) is 4.45. The van der Waals surface area contributed by atoms with Crippen molar-refractivity contribution in [2.24, 2.45) is 0 Å². The molecule has 0 bridgehead atoms. The van der Waals surface area contributed by atoms with Gasteiger partial charge in [0, 0.05) is 6.54 Å². The molecule has 0 aliphatic carbocycles. The summed E-state index contributed by atoms with van der Waals surface area (Å²) in [6.45, 7) is 4.60. The van der Waals surface area contributed by atoms with Gasteiger partial charge in [-0.1, -0.05) is 48.5 Å². The maximum atomic E-state index is 13.4. The lowest BCUT2D eigenvalue weighted by molar-refractivity contribution is -0.135. The largest absolute Gasteiger partial charge is 0.493 e. The molecule has 1 aliphatic rings. The number of amides is 1. The number of rotatable bonds is 6. The van der Waals surface area contributed by atoms with E-state index in [0.717, 1.165) is 40.0 Å². The number of nitrogens with zero attached hydrogens (tertiary/aromatic N) is 1. The first kappa shape index (κ1) is 21.8. The van der Waals surface area contributed by atoms with Crippen LogP contribution in [0.5, 0.6) is 17.2 Å². The third-order valence-corrected chi connectivity index (χ3v) is 6.06. The van der Waals surface area contributed by atoms with E-state index in [1.807, 2.05) is 67.3 Å². The molecule has 1 heterocycles. The summed E-state index contributed by atoms with van der Waals surface area (Å²) >= 11 is 0. The summed E-state index contributed by atoms with van der Waals surface area (Å²) in [5.41, 5.74) is 5.33. The Kier molecular flexibility index (Phi) is 6.35. The second kappa shape index (κ2) is 9.35. The minimum absolute atomic E-state index is 0.00233. The third-order valence-electron chi connectivity index (χ3n) is 6.06. The van der Waals surface area contributed by atoms with Crippen LogP contribution in [-0.2, 0) is 11.2 Å². The zero-order valence-corrected chi connectivity index (χ0v) is 19.1. The van der Waals surface area contributed by atoms with Gasteiger partial charge in [0.15, 0.2) is 18.1 Å². The molecule has 0 fully saturated rings. The van der Waals surface area contributed by atoms with Crippen LogP contribution in [0.1, 0.15) is 33.9 Å². The van der Waals surface area contributed by atoms with Gasteiger partial charge in [-0.2, -0.15) is 0 Å². The Morgan fingerprint density at radius 2 is 1.59 bits per heavy atom. The van der Waals surface area contributed by atoms with Crippen molar-refractivity contribution in [1.29, 1.82) is 0 Å². The molecule has 0 spiro atoms. The zero-order valence-electron chi connectivity index (χ0n) is 19.1. The van der Waals surface area contributed by atoms with Crippen LogP contribution in [0.2, 0.25) is 0 Å². The second-order valence-corrected chi connectivity index (χ2v) is 8.07. The summed E-state index contributed by atoms with van der Waals surface area (Å²) in [5, 5.41) is 0. The Morgan fingerprint density at radius 3 is 2.25 bits per heavy atom. The van der Waals surface area contributed by atoms with E-state index >= 15 is 0 Å². The lowest BCUT2D eigenvalue weighted by Crippen LogP contribution is -2.43. The van der Waals surface area contributed by atoms with Gasteiger partial charge in [-0.15, -0.1) is 0 Å². The van der Waals surface area contributed by atoms with Crippen molar-refractivity contribution in [2.45, 2.75) is 26.3 Å². The Labute approximate surface area is 189 Å². The van der Waals surface area contributed by atoms with E-state index in [0.29, 0.717) is 18.0 Å². The van der Waals surface area contributed by atoms with E-state index in [2.05, 4.69) is 12.1 Å². The van der Waals surface area contributed by atoms with Gasteiger partial charge in [0.05, 0.1) is 20.3 Å². The predicted octanol–water partition coefficient (Wildman–Crippen LogP) is 4.87. The summed E-state index contributed by atoms with van der Waals surface area (Å²) in [4.78, 5) is 15.3. The van der Waals surface area contributed by atoms with Gasteiger partial charge < -0.3 is 19.1 Å². The van der Waals surface area contributed by atoms with Crippen LogP contribution in [-0.4, -0.2) is 38.2 Å². The number of hydrogen-bond donors (Lipinski definition) is 0. The molecule has 1 amide bonds. The maximum Gasteiger partial charge on any atom is 0.261 e. The molecule has 0 aromatic heterocycles. The first-order valence-electron chi connectivity index (χ1n) is 10.8. The van der Waals surface area contributed by atoms with E-state index in [1.165, 1.54) is 0 Å². The van der Waals surface area contributed by atoms with Crippen LogP contribution < -0.4 is 14.2 Å². The Hall–Kier alpha value is -3.47. The summed E-state index contributed by atoms with van der Waals surface area (Å²) in [5.74, 6) is 2.10. The SMILES string of the molecule is COc1cc2c(cc1OC)C(c1ccccc1)N(C(=O)COc1c(C)cccc1C)CC2. The molecule has 166 valence electrons. The fraction of sp³-hybridized carbons (Fsp3) is 0.296. The molecule has 4 rings (SSSR count). The van der Waals surface area contributed by atoms with E-state index in [4.69, 9.17) is 14.2 Å². The number of fused-ring (bicyclic) bond motifs is 1. The average Bonchev–Trinajstić information content (AvgIpc) is 2.82. The minimum atomic E-state index is -0.214. The predicted molar refractivity (Wildman–Crippen MR) is 125 cm³/mol. The highest BCUT2D eigenvalue weighted by molar-refractivity contribution is 5.79. The smallest absolute Gasteiger partial charge is 0.261 e. The first-order valence-corrected chi connectivity index (χ1v) is 10.8. The molecular weight excluding hydrogens is 402 g/mol. The molecular formula is C27H29NO4. The van der Waals surface area contributed by atoms with E-state index in [1.54, 1.807) is 14.2 Å². The standard InChI is InChI=1S/C27H29NO4/c1-18-9-8-10-19(2)27(18)32-17-25(29)28-14-13-21-15-23(30-3)24(31-4)16-22(21)26(28)20-11-6-5-7-12-20/h5-12,15-16,26H,13-14,17H2,1-4H3. The molecule has 32 heavy (non-hydrogen) atoms. The quantitative estimate of drug-likeness (QED) is 0.559. The Morgan fingerprint density at radius 1 is 0.938 bits per heavy atom. The van der Waals surface area contributed by atoms with Gasteiger partial charge in [0.25, 0.3) is 5.91 Å². The topological polar surface area (TPSA) is 48.0 Å². The van der Waals surface area contributed by atoms with Crippen molar-refractivity contribution in [1.82, 2.24) is 4.90 Å². The Balaban J connectivity index is 1.68. The molecule has 3 aromatic rings. The number of hydrogen-bond acceptors (Lipinski definition) is 4. The van der Waals surface area contributed by atoms with E-state index < -0.39 is 0 Å². The molecule has 1 unspecified atom stereocenters. The highest BCUT2D eigenvalue weighted by Gasteiger charge is 2.33. The summed E-state index contributed by atoms with van der Waals surface area (Å²) < 4.78 is 17.1. The maximum absolute atomic E-state index is 13.4. The zero-order chi connectivity index (χ0) is 22.7. The summed E-state index contributed by atoms with van der Waals surface area (Å²) in [7, 11) is 3.27. The van der Waals surface area contributed by atoms with Gasteiger partial charge in [0.1, 0.15) is 5.75 Å². The Bertz CT molecular complexity index is 1090. The minimum Gasteiger partial charge on any atom is -0.493 e. The molecule has 0 radical (unpaired) electrons.